The van der Waals surface area contributed by atoms with E-state index in [0.29, 0.717) is 18.9 Å². The molecule has 0 amide bonds. The minimum atomic E-state index is -2.86. The van der Waals surface area contributed by atoms with Crippen molar-refractivity contribution in [1.82, 2.24) is 10.2 Å². The molecule has 1 aromatic carbocycles. The van der Waals surface area contributed by atoms with E-state index in [4.69, 9.17) is 9.73 Å². The average molecular weight is 519 g/mol. The third kappa shape index (κ3) is 4.48. The van der Waals surface area contributed by atoms with Gasteiger partial charge >= 0.3 is 0 Å². The van der Waals surface area contributed by atoms with Crippen LogP contribution in [0.4, 0.5) is 0 Å². The molecule has 0 aliphatic carbocycles. The highest BCUT2D eigenvalue weighted by Crippen LogP contribution is 2.43. The first-order valence-corrected chi connectivity index (χ1v) is 11.7. The number of likely N-dealkylation sites (tertiary alicyclic amines) is 1. The Morgan fingerprint density at radius 2 is 2.18 bits per heavy atom. The number of aliphatic imine (C=N–C) groups is 1. The number of halogens is 1. The molecular formula is C20H30IN3O3S. The molecule has 0 aromatic heterocycles. The van der Waals surface area contributed by atoms with Gasteiger partial charge in [0.05, 0.1) is 24.7 Å². The van der Waals surface area contributed by atoms with Gasteiger partial charge in [0.25, 0.3) is 0 Å². The van der Waals surface area contributed by atoms with Crippen LogP contribution >= 0.6 is 24.0 Å². The Morgan fingerprint density at radius 1 is 1.39 bits per heavy atom. The summed E-state index contributed by atoms with van der Waals surface area (Å²) in [6.07, 6.45) is 1.67. The van der Waals surface area contributed by atoms with E-state index in [2.05, 4.69) is 48.3 Å². The molecule has 1 spiro atoms. The van der Waals surface area contributed by atoms with Crippen molar-refractivity contribution < 1.29 is 13.2 Å². The molecule has 6 nitrogen and oxygen atoms in total. The predicted octanol–water partition coefficient (Wildman–Crippen LogP) is 2.52. The summed E-state index contributed by atoms with van der Waals surface area (Å²) in [7, 11) is -2.86. The lowest BCUT2D eigenvalue weighted by atomic mass is 9.92. The summed E-state index contributed by atoms with van der Waals surface area (Å²) in [6, 6.07) is 8.75. The van der Waals surface area contributed by atoms with Gasteiger partial charge in [0.15, 0.2) is 15.8 Å². The molecule has 1 N–H and O–H groups in total. The maximum absolute atomic E-state index is 11.7. The van der Waals surface area contributed by atoms with Crippen LogP contribution in [0.25, 0.3) is 0 Å². The van der Waals surface area contributed by atoms with E-state index >= 15 is 0 Å². The number of hydrogen-bond donors (Lipinski definition) is 1. The third-order valence-electron chi connectivity index (χ3n) is 5.79. The Labute approximate surface area is 185 Å². The maximum atomic E-state index is 11.7. The Bertz CT molecular complexity index is 843. The highest BCUT2D eigenvalue weighted by atomic mass is 127. The van der Waals surface area contributed by atoms with Gasteiger partial charge in [-0.15, -0.1) is 24.0 Å². The van der Waals surface area contributed by atoms with Crippen molar-refractivity contribution in [2.75, 3.05) is 31.1 Å². The van der Waals surface area contributed by atoms with E-state index in [1.165, 1.54) is 11.1 Å². The van der Waals surface area contributed by atoms with Crippen LogP contribution in [0.3, 0.4) is 0 Å². The molecule has 8 heteroatoms. The first kappa shape index (κ1) is 21.8. The Hall–Kier alpha value is -0.870. The van der Waals surface area contributed by atoms with Gasteiger partial charge in [-0.2, -0.15) is 0 Å². The highest BCUT2D eigenvalue weighted by Gasteiger charge is 2.46. The van der Waals surface area contributed by atoms with Crippen molar-refractivity contribution in [2.45, 2.75) is 44.9 Å². The molecular weight excluding hydrogens is 489 g/mol. The number of nitrogens with one attached hydrogen (secondary N) is 1. The highest BCUT2D eigenvalue weighted by molar-refractivity contribution is 14.0. The summed E-state index contributed by atoms with van der Waals surface area (Å²) in [5.74, 6) is 1.59. The Balaban J connectivity index is 0.00000225. The third-order valence-corrected chi connectivity index (χ3v) is 7.62. The summed E-state index contributed by atoms with van der Waals surface area (Å²) >= 11 is 0. The van der Waals surface area contributed by atoms with Crippen LogP contribution < -0.4 is 5.32 Å². The van der Waals surface area contributed by atoms with E-state index in [1.54, 1.807) is 0 Å². The predicted molar refractivity (Wildman–Crippen MR) is 122 cm³/mol. The first-order valence-electron chi connectivity index (χ1n) is 9.86. The summed E-state index contributed by atoms with van der Waals surface area (Å²) in [5.41, 5.74) is 2.34. The zero-order valence-corrected chi connectivity index (χ0v) is 19.7. The number of rotatable bonds is 3. The van der Waals surface area contributed by atoms with E-state index in [0.717, 1.165) is 31.9 Å². The Morgan fingerprint density at radius 3 is 2.89 bits per heavy atom. The molecule has 2 fully saturated rings. The fourth-order valence-corrected chi connectivity index (χ4v) is 6.26. The molecule has 2 unspecified atom stereocenters. The topological polar surface area (TPSA) is 71.0 Å². The minimum Gasteiger partial charge on any atom is -0.364 e. The van der Waals surface area contributed by atoms with Crippen LogP contribution in [0.5, 0.6) is 0 Å². The lowest BCUT2D eigenvalue weighted by molar-refractivity contribution is -0.0262. The molecule has 1 aromatic rings. The van der Waals surface area contributed by atoms with Crippen molar-refractivity contribution in [3.63, 3.8) is 0 Å². The molecule has 0 bridgehead atoms. The van der Waals surface area contributed by atoms with Gasteiger partial charge in [-0.3, -0.25) is 4.99 Å². The smallest absolute Gasteiger partial charge is 0.194 e. The van der Waals surface area contributed by atoms with Gasteiger partial charge in [-0.25, -0.2) is 8.42 Å². The number of guanidine groups is 1. The molecule has 2 atom stereocenters. The van der Waals surface area contributed by atoms with Crippen molar-refractivity contribution in [2.24, 2.45) is 10.9 Å². The number of sulfone groups is 1. The minimum absolute atomic E-state index is 0. The lowest BCUT2D eigenvalue weighted by Crippen LogP contribution is -2.45. The van der Waals surface area contributed by atoms with Crippen LogP contribution in [0.15, 0.2) is 29.3 Å². The normalized spacial score (nSPS) is 28.6. The van der Waals surface area contributed by atoms with Crippen LogP contribution in [-0.4, -0.2) is 56.5 Å². The maximum Gasteiger partial charge on any atom is 0.194 e. The van der Waals surface area contributed by atoms with Crippen molar-refractivity contribution in [1.29, 1.82) is 0 Å². The Kier molecular flexibility index (Phi) is 6.61. The zero-order valence-electron chi connectivity index (χ0n) is 16.6. The first-order chi connectivity index (χ1) is 12.9. The number of fused-ring (bicyclic) bond motifs is 2. The molecule has 0 saturated carbocycles. The molecule has 0 radical (unpaired) electrons. The van der Waals surface area contributed by atoms with Crippen LogP contribution in [0, 0.1) is 5.92 Å². The molecule has 3 heterocycles. The van der Waals surface area contributed by atoms with Gasteiger partial charge in [-0.1, -0.05) is 24.3 Å². The molecule has 3 aliphatic rings. The quantitative estimate of drug-likeness (QED) is 0.378. The van der Waals surface area contributed by atoms with Crippen LogP contribution in [0.2, 0.25) is 0 Å². The van der Waals surface area contributed by atoms with Gasteiger partial charge in [0.1, 0.15) is 5.60 Å². The second-order valence-electron chi connectivity index (χ2n) is 8.34. The van der Waals surface area contributed by atoms with Gasteiger partial charge < -0.3 is 15.0 Å². The summed E-state index contributed by atoms with van der Waals surface area (Å²) in [4.78, 5) is 7.08. The average Bonchev–Trinajstić information content (AvgIpc) is 3.31. The summed E-state index contributed by atoms with van der Waals surface area (Å²) in [6.45, 7) is 7.11. The zero-order chi connectivity index (χ0) is 19.1. The van der Waals surface area contributed by atoms with Gasteiger partial charge in [-0.05, 0) is 43.7 Å². The summed E-state index contributed by atoms with van der Waals surface area (Å²) < 4.78 is 29.7. The number of ether oxygens (including phenoxy) is 1. The standard InChI is InChI=1S/C20H29N3O3S.HI/c1-15(2)22-19(21-11-16-7-10-27(24,25)13-16)23-9-8-20(14-23)18-6-4-3-5-17(18)12-26-20;/h3-6,15-16H,7-14H2,1-2H3,(H,21,22);1H. The largest absolute Gasteiger partial charge is 0.364 e. The number of nitrogens with zero attached hydrogens (tertiary/aromatic N) is 2. The number of benzene rings is 1. The lowest BCUT2D eigenvalue weighted by Gasteiger charge is -2.28. The molecule has 28 heavy (non-hydrogen) atoms. The second-order valence-corrected chi connectivity index (χ2v) is 10.6. The molecule has 2 saturated heterocycles. The fraction of sp³-hybridized carbons (Fsp3) is 0.650. The van der Waals surface area contributed by atoms with Crippen molar-refractivity contribution in [3.05, 3.63) is 35.4 Å². The summed E-state index contributed by atoms with van der Waals surface area (Å²) in [5, 5.41) is 3.47. The molecule has 3 aliphatic heterocycles. The SMILES string of the molecule is CC(C)NC(=NCC1CCS(=O)(=O)C1)N1CCC2(C1)OCc1ccccc12.I. The van der Waals surface area contributed by atoms with E-state index < -0.39 is 9.84 Å². The van der Waals surface area contributed by atoms with Crippen LogP contribution in [0.1, 0.15) is 37.8 Å². The van der Waals surface area contributed by atoms with Crippen LogP contribution in [-0.2, 0) is 26.8 Å². The monoisotopic (exact) mass is 519 g/mol. The van der Waals surface area contributed by atoms with Crippen molar-refractivity contribution >= 4 is 39.8 Å². The fourth-order valence-electron chi connectivity index (χ4n) is 4.41. The molecule has 4 rings (SSSR count). The van der Waals surface area contributed by atoms with E-state index in [1.807, 2.05) is 0 Å². The second kappa shape index (κ2) is 8.47. The van der Waals surface area contributed by atoms with Gasteiger partial charge in [0.2, 0.25) is 0 Å². The van der Waals surface area contributed by atoms with Crippen molar-refractivity contribution in [3.8, 4) is 0 Å². The van der Waals surface area contributed by atoms with E-state index in [9.17, 15) is 8.42 Å². The van der Waals surface area contributed by atoms with Gasteiger partial charge in [0, 0.05) is 19.1 Å². The molecule has 156 valence electrons. The van der Waals surface area contributed by atoms with E-state index in [-0.39, 0.29) is 47.3 Å². The number of hydrogen-bond acceptors (Lipinski definition) is 4.